The highest BCUT2D eigenvalue weighted by atomic mass is 16.5. The zero-order valence-corrected chi connectivity index (χ0v) is 24.9. The second-order valence-electron chi connectivity index (χ2n) is 11.0. The number of pyridine rings is 1. The van der Waals surface area contributed by atoms with Crippen molar-refractivity contribution in [3.05, 3.63) is 88.7 Å². The summed E-state index contributed by atoms with van der Waals surface area (Å²) in [6.45, 7) is 6.27. The maximum Gasteiger partial charge on any atom is 0.290 e. The van der Waals surface area contributed by atoms with Crippen LogP contribution in [0.3, 0.4) is 0 Å². The van der Waals surface area contributed by atoms with Gasteiger partial charge in [0, 0.05) is 49.8 Å². The number of fused-ring (bicyclic) bond motifs is 1. The summed E-state index contributed by atoms with van der Waals surface area (Å²) in [6, 6.07) is 19.2. The fourth-order valence-corrected chi connectivity index (χ4v) is 5.96. The van der Waals surface area contributed by atoms with Gasteiger partial charge in [-0.05, 0) is 48.7 Å². The Morgan fingerprint density at radius 2 is 1.82 bits per heavy atom. The first-order valence-corrected chi connectivity index (χ1v) is 14.7. The molecule has 1 aromatic heterocycles. The molecule has 0 saturated carbocycles. The van der Waals surface area contributed by atoms with Gasteiger partial charge in [-0.3, -0.25) is 29.4 Å². The molecule has 3 aliphatic rings. The lowest BCUT2D eigenvalue weighted by molar-refractivity contribution is -0.137. The van der Waals surface area contributed by atoms with Crippen LogP contribution in [0.15, 0.2) is 60.8 Å². The van der Waals surface area contributed by atoms with Crippen LogP contribution in [0.2, 0.25) is 0 Å². The van der Waals surface area contributed by atoms with Gasteiger partial charge in [0.2, 0.25) is 11.8 Å². The van der Waals surface area contributed by atoms with Crippen LogP contribution in [0.5, 0.6) is 5.75 Å². The van der Waals surface area contributed by atoms with Crippen LogP contribution in [0, 0.1) is 11.3 Å². The number of nitrogens with one attached hydrogen (secondary N) is 1. The first-order chi connectivity index (χ1) is 21.8. The Morgan fingerprint density at radius 1 is 1.09 bits per heavy atom. The monoisotopic (exact) mass is 610 g/mol. The first-order valence-electron chi connectivity index (χ1n) is 14.7. The van der Waals surface area contributed by atoms with Crippen molar-refractivity contribution in [3.63, 3.8) is 0 Å². The van der Waals surface area contributed by atoms with Crippen molar-refractivity contribution in [1.29, 1.82) is 5.26 Å². The van der Waals surface area contributed by atoms with E-state index in [1.165, 1.54) is 10.5 Å². The SMILES string of the molecule is C[C@H](c1ccc(COc2cccc3c2CN(C2CCC(=O)NC2=O)C3=O)cc1)N1CCN(c2ccc(C#N)nc2)CC1.O=CO. The maximum absolute atomic E-state index is 13.1. The molecule has 6 rings (SSSR count). The van der Waals surface area contributed by atoms with Gasteiger partial charge in [0.05, 0.1) is 18.4 Å². The molecule has 232 valence electrons. The summed E-state index contributed by atoms with van der Waals surface area (Å²) in [6.07, 6.45) is 2.32. The highest BCUT2D eigenvalue weighted by Gasteiger charge is 2.40. The molecule has 2 saturated heterocycles. The van der Waals surface area contributed by atoms with Gasteiger partial charge in [0.25, 0.3) is 12.4 Å². The third-order valence-electron chi connectivity index (χ3n) is 8.49. The minimum absolute atomic E-state index is 0.210. The number of ether oxygens (including phenoxy) is 1. The molecule has 2 N–H and O–H groups in total. The first kappa shape index (κ1) is 31.2. The van der Waals surface area contributed by atoms with Crippen LogP contribution in [0.25, 0.3) is 0 Å². The van der Waals surface area contributed by atoms with Gasteiger partial charge >= 0.3 is 0 Å². The molecule has 0 aliphatic carbocycles. The van der Waals surface area contributed by atoms with E-state index in [9.17, 15) is 14.4 Å². The fraction of sp³-hybridized carbons (Fsp3) is 0.333. The average molecular weight is 611 g/mol. The van der Waals surface area contributed by atoms with E-state index < -0.39 is 11.9 Å². The normalized spacial score (nSPS) is 18.7. The number of amides is 3. The number of piperidine rings is 1. The number of hydrogen-bond acceptors (Lipinski definition) is 9. The minimum Gasteiger partial charge on any atom is -0.489 e. The Balaban J connectivity index is 0.00000128. The van der Waals surface area contributed by atoms with Gasteiger partial charge in [-0.1, -0.05) is 30.3 Å². The molecule has 12 heteroatoms. The standard InChI is InChI=1S/C32H32N6O4.CH2O2/c1-21(36-13-15-37(16-14-36)25-10-9-24(17-33)34-18-25)23-7-5-22(6-8-23)20-42-29-4-2-3-26-27(29)19-38(32(26)41)28-11-12-30(39)35-31(28)40;2-1-3/h2-10,18,21,28H,11-16,19-20H2,1H3,(H,35,39,40);1H,(H,2,3)/t21-,28?;/m1./s1. The molecule has 1 unspecified atom stereocenters. The van der Waals surface area contributed by atoms with Gasteiger partial charge in [0.15, 0.2) is 0 Å². The number of hydrogen-bond donors (Lipinski definition) is 2. The predicted molar refractivity (Wildman–Crippen MR) is 163 cm³/mol. The van der Waals surface area contributed by atoms with E-state index in [0.717, 1.165) is 43.0 Å². The second kappa shape index (κ2) is 14.0. The van der Waals surface area contributed by atoms with Crippen molar-refractivity contribution in [2.24, 2.45) is 0 Å². The molecule has 0 radical (unpaired) electrons. The van der Waals surface area contributed by atoms with Gasteiger partial charge in [0.1, 0.15) is 30.2 Å². The smallest absolute Gasteiger partial charge is 0.290 e. The molecule has 45 heavy (non-hydrogen) atoms. The van der Waals surface area contributed by atoms with Gasteiger partial charge in [-0.15, -0.1) is 0 Å². The molecule has 4 heterocycles. The van der Waals surface area contributed by atoms with Crippen molar-refractivity contribution < 1.29 is 29.0 Å². The Hall–Kier alpha value is -5.28. The zero-order chi connectivity index (χ0) is 31.9. The van der Waals surface area contributed by atoms with E-state index in [2.05, 4.69) is 57.4 Å². The number of aromatic nitrogens is 1. The van der Waals surface area contributed by atoms with Crippen LogP contribution in [0.4, 0.5) is 5.69 Å². The number of anilines is 1. The van der Waals surface area contributed by atoms with Gasteiger partial charge < -0.3 is 19.6 Å². The summed E-state index contributed by atoms with van der Waals surface area (Å²) in [5.74, 6) is -0.305. The van der Waals surface area contributed by atoms with E-state index >= 15 is 0 Å². The number of nitriles is 1. The van der Waals surface area contributed by atoms with Crippen LogP contribution < -0.4 is 15.0 Å². The van der Waals surface area contributed by atoms with Crippen LogP contribution >= 0.6 is 0 Å². The topological polar surface area (TPSA) is 156 Å². The van der Waals surface area contributed by atoms with Crippen molar-refractivity contribution >= 4 is 29.9 Å². The zero-order valence-electron chi connectivity index (χ0n) is 24.9. The predicted octanol–water partition coefficient (Wildman–Crippen LogP) is 2.88. The minimum atomic E-state index is -0.652. The van der Waals surface area contributed by atoms with Crippen LogP contribution in [-0.2, 0) is 27.5 Å². The number of nitrogens with zero attached hydrogens (tertiary/aromatic N) is 5. The third-order valence-corrected chi connectivity index (χ3v) is 8.49. The molecule has 2 atom stereocenters. The summed E-state index contributed by atoms with van der Waals surface area (Å²) in [5.41, 5.74) is 5.04. The molecular weight excluding hydrogens is 576 g/mol. The fourth-order valence-electron chi connectivity index (χ4n) is 5.96. The molecule has 3 aromatic rings. The van der Waals surface area contributed by atoms with E-state index in [0.29, 0.717) is 30.0 Å². The summed E-state index contributed by atoms with van der Waals surface area (Å²) < 4.78 is 6.18. The van der Waals surface area contributed by atoms with E-state index in [4.69, 9.17) is 19.9 Å². The molecular formula is C33H34N6O6. The number of piperazine rings is 1. The molecule has 12 nitrogen and oxygen atoms in total. The third kappa shape index (κ3) is 6.94. The van der Waals surface area contributed by atoms with Crippen LogP contribution in [-0.4, -0.2) is 76.3 Å². The summed E-state index contributed by atoms with van der Waals surface area (Å²) in [5, 5.41) is 18.2. The van der Waals surface area contributed by atoms with Crippen molar-refractivity contribution in [2.75, 3.05) is 31.1 Å². The van der Waals surface area contributed by atoms with E-state index in [1.54, 1.807) is 24.4 Å². The quantitative estimate of drug-likeness (QED) is 0.301. The van der Waals surface area contributed by atoms with E-state index in [-0.39, 0.29) is 37.3 Å². The molecule has 2 fully saturated rings. The van der Waals surface area contributed by atoms with Crippen molar-refractivity contribution in [2.45, 2.75) is 45.0 Å². The Kier molecular flexibility index (Phi) is 9.70. The summed E-state index contributed by atoms with van der Waals surface area (Å²) in [7, 11) is 0. The largest absolute Gasteiger partial charge is 0.489 e. The lowest BCUT2D eigenvalue weighted by Gasteiger charge is -2.39. The van der Waals surface area contributed by atoms with Gasteiger partial charge in [-0.25, -0.2) is 4.98 Å². The summed E-state index contributed by atoms with van der Waals surface area (Å²) >= 11 is 0. The second-order valence-corrected chi connectivity index (χ2v) is 11.0. The van der Waals surface area contributed by atoms with E-state index in [1.807, 2.05) is 12.1 Å². The highest BCUT2D eigenvalue weighted by molar-refractivity contribution is 6.05. The van der Waals surface area contributed by atoms with Gasteiger partial charge in [-0.2, -0.15) is 5.26 Å². The lowest BCUT2D eigenvalue weighted by atomic mass is 10.0. The average Bonchev–Trinajstić information content (AvgIpc) is 3.40. The Bertz CT molecular complexity index is 1600. The number of carbonyl (C=O) groups is 4. The molecule has 0 spiro atoms. The van der Waals surface area contributed by atoms with Crippen molar-refractivity contribution in [1.82, 2.24) is 20.1 Å². The number of carbonyl (C=O) groups excluding carboxylic acids is 3. The molecule has 2 aromatic carbocycles. The highest BCUT2D eigenvalue weighted by Crippen LogP contribution is 2.34. The number of benzene rings is 2. The lowest BCUT2D eigenvalue weighted by Crippen LogP contribution is -2.52. The Labute approximate surface area is 260 Å². The number of imide groups is 1. The molecule has 3 amide bonds. The maximum atomic E-state index is 13.1. The molecule has 0 bridgehead atoms. The summed E-state index contributed by atoms with van der Waals surface area (Å²) in [4.78, 5) is 55.9. The number of rotatable bonds is 7. The van der Waals surface area contributed by atoms with Crippen molar-refractivity contribution in [3.8, 4) is 11.8 Å². The van der Waals surface area contributed by atoms with Crippen LogP contribution in [0.1, 0.15) is 58.5 Å². The Morgan fingerprint density at radius 3 is 2.47 bits per heavy atom. The number of carboxylic acid groups (broad SMARTS) is 1. The molecule has 3 aliphatic heterocycles.